The van der Waals surface area contributed by atoms with E-state index in [2.05, 4.69) is 12.2 Å². The highest BCUT2D eigenvalue weighted by Crippen LogP contribution is 2.34. The molecule has 0 saturated carbocycles. The quantitative estimate of drug-likeness (QED) is 0.442. The van der Waals surface area contributed by atoms with Crippen molar-refractivity contribution in [3.63, 3.8) is 0 Å². The summed E-state index contributed by atoms with van der Waals surface area (Å²) in [5, 5.41) is 5.36. The summed E-state index contributed by atoms with van der Waals surface area (Å²) in [5.74, 6) is 0.717. The first-order valence-electron chi connectivity index (χ1n) is 11.4. The number of nitrogens with one attached hydrogen (secondary N) is 1. The minimum Gasteiger partial charge on any atom is -0.457 e. The molecule has 3 aromatic rings. The van der Waals surface area contributed by atoms with Crippen molar-refractivity contribution in [2.75, 3.05) is 30.4 Å². The Morgan fingerprint density at radius 1 is 1.12 bits per heavy atom. The number of carbonyl (C=O) groups is 2. The lowest BCUT2D eigenvalue weighted by atomic mass is 10.1. The van der Waals surface area contributed by atoms with Crippen molar-refractivity contribution in [1.29, 1.82) is 0 Å². The average molecular weight is 498 g/mol. The Morgan fingerprint density at radius 3 is 2.50 bits per heavy atom. The van der Waals surface area contributed by atoms with E-state index in [1.165, 1.54) is 16.2 Å². The second kappa shape index (κ2) is 11.5. The molecule has 2 amide bonds. The van der Waals surface area contributed by atoms with E-state index in [1.807, 2.05) is 52.7 Å². The summed E-state index contributed by atoms with van der Waals surface area (Å²) in [6.45, 7) is 4.05. The van der Waals surface area contributed by atoms with Crippen LogP contribution >= 0.6 is 22.9 Å². The molecule has 2 aromatic carbocycles. The van der Waals surface area contributed by atoms with Crippen LogP contribution in [0.4, 0.5) is 5.69 Å². The lowest BCUT2D eigenvalue weighted by Gasteiger charge is -2.38. The number of amides is 2. The van der Waals surface area contributed by atoms with Gasteiger partial charge in [-0.05, 0) is 54.3 Å². The van der Waals surface area contributed by atoms with Gasteiger partial charge in [-0.3, -0.25) is 14.5 Å². The average Bonchev–Trinajstić information content (AvgIpc) is 3.42. The largest absolute Gasteiger partial charge is 0.457 e. The zero-order valence-electron chi connectivity index (χ0n) is 19.0. The molecule has 2 atom stereocenters. The molecule has 0 aliphatic carbocycles. The molecule has 2 heterocycles. The molecule has 1 aliphatic rings. The molecule has 0 bridgehead atoms. The van der Waals surface area contributed by atoms with Crippen LogP contribution in [0.2, 0.25) is 0 Å². The lowest BCUT2D eigenvalue weighted by molar-refractivity contribution is -0.135. The number of hydrogen-bond acceptors (Lipinski definition) is 5. The van der Waals surface area contributed by atoms with Crippen LogP contribution in [-0.4, -0.2) is 48.3 Å². The van der Waals surface area contributed by atoms with E-state index < -0.39 is 6.04 Å². The Labute approximate surface area is 209 Å². The molecule has 178 valence electrons. The molecule has 34 heavy (non-hydrogen) atoms. The van der Waals surface area contributed by atoms with Gasteiger partial charge in [0.1, 0.15) is 23.4 Å². The number of ether oxygens (including phenoxy) is 1. The summed E-state index contributed by atoms with van der Waals surface area (Å²) in [4.78, 5) is 31.1. The van der Waals surface area contributed by atoms with E-state index in [0.717, 1.165) is 23.6 Å². The summed E-state index contributed by atoms with van der Waals surface area (Å²) < 4.78 is 5.89. The van der Waals surface area contributed by atoms with E-state index >= 15 is 0 Å². The highest BCUT2D eigenvalue weighted by Gasteiger charge is 2.37. The maximum absolute atomic E-state index is 13.8. The van der Waals surface area contributed by atoms with Crippen LogP contribution in [0.15, 0.2) is 72.1 Å². The Morgan fingerprint density at radius 2 is 1.85 bits per heavy atom. The second-order valence-electron chi connectivity index (χ2n) is 8.07. The number of halogens is 1. The van der Waals surface area contributed by atoms with Gasteiger partial charge < -0.3 is 15.0 Å². The predicted octanol–water partition coefficient (Wildman–Crippen LogP) is 5.06. The molecule has 1 N–H and O–H groups in total. The normalized spacial score (nSPS) is 16.6. The van der Waals surface area contributed by atoms with Gasteiger partial charge in [-0.1, -0.05) is 31.2 Å². The monoisotopic (exact) mass is 497 g/mol. The SMILES string of the molecule is CCC1CN(C(=O)C(c2cccs2)N(C(=O)CCl)c2ccc(Oc3ccccc3)cc2)CCN1. The van der Waals surface area contributed by atoms with Crippen molar-refractivity contribution in [1.82, 2.24) is 10.2 Å². The van der Waals surface area contributed by atoms with E-state index in [1.54, 1.807) is 24.3 Å². The molecular weight excluding hydrogens is 470 g/mol. The maximum Gasteiger partial charge on any atom is 0.251 e. The molecule has 1 saturated heterocycles. The highest BCUT2D eigenvalue weighted by molar-refractivity contribution is 7.10. The van der Waals surface area contributed by atoms with Crippen molar-refractivity contribution in [2.24, 2.45) is 0 Å². The molecule has 0 spiro atoms. The zero-order valence-corrected chi connectivity index (χ0v) is 20.6. The van der Waals surface area contributed by atoms with E-state index in [0.29, 0.717) is 24.5 Å². The van der Waals surface area contributed by atoms with Crippen molar-refractivity contribution >= 4 is 40.4 Å². The number of rotatable bonds is 8. The molecule has 1 aliphatic heterocycles. The third-order valence-corrected chi connectivity index (χ3v) is 6.99. The van der Waals surface area contributed by atoms with E-state index in [-0.39, 0.29) is 23.7 Å². The van der Waals surface area contributed by atoms with Crippen LogP contribution in [0.3, 0.4) is 0 Å². The van der Waals surface area contributed by atoms with Crippen LogP contribution in [-0.2, 0) is 9.59 Å². The zero-order chi connectivity index (χ0) is 23.9. The number of anilines is 1. The molecule has 2 unspecified atom stereocenters. The summed E-state index contributed by atoms with van der Waals surface area (Å²) in [7, 11) is 0. The minimum atomic E-state index is -0.775. The standard InChI is InChI=1S/C26H28ClN3O3S/c1-2-19-18-29(15-14-28-19)26(32)25(23-9-6-16-34-23)30(24(31)17-27)20-10-12-22(13-11-20)33-21-7-4-3-5-8-21/h3-13,16,19,25,28H,2,14-15,17-18H2,1H3. The van der Waals surface area contributed by atoms with Gasteiger partial charge in [-0.2, -0.15) is 0 Å². The third kappa shape index (κ3) is 5.60. The van der Waals surface area contributed by atoms with Gasteiger partial charge in [0.2, 0.25) is 5.91 Å². The topological polar surface area (TPSA) is 61.9 Å². The van der Waals surface area contributed by atoms with Crippen LogP contribution in [0.5, 0.6) is 11.5 Å². The maximum atomic E-state index is 13.8. The first-order chi connectivity index (χ1) is 16.6. The van der Waals surface area contributed by atoms with Crippen molar-refractivity contribution < 1.29 is 14.3 Å². The van der Waals surface area contributed by atoms with E-state index in [9.17, 15) is 9.59 Å². The molecule has 1 fully saturated rings. The van der Waals surface area contributed by atoms with Crippen LogP contribution < -0.4 is 15.0 Å². The van der Waals surface area contributed by atoms with Gasteiger partial charge in [0.15, 0.2) is 0 Å². The summed E-state index contributed by atoms with van der Waals surface area (Å²) in [6, 6.07) is 19.9. The Bertz CT molecular complexity index is 1080. The smallest absolute Gasteiger partial charge is 0.251 e. The molecule has 4 rings (SSSR count). The van der Waals surface area contributed by atoms with Crippen LogP contribution in [0.25, 0.3) is 0 Å². The third-order valence-electron chi connectivity index (χ3n) is 5.84. The second-order valence-corrected chi connectivity index (χ2v) is 9.31. The highest BCUT2D eigenvalue weighted by atomic mass is 35.5. The first kappa shape index (κ1) is 24.3. The van der Waals surface area contributed by atoms with Crippen LogP contribution in [0, 0.1) is 0 Å². The van der Waals surface area contributed by atoms with Gasteiger partial charge in [0, 0.05) is 36.2 Å². The Kier molecular flexibility index (Phi) is 8.21. The molecule has 6 nitrogen and oxygen atoms in total. The predicted molar refractivity (Wildman–Crippen MR) is 137 cm³/mol. The van der Waals surface area contributed by atoms with Gasteiger partial charge in [-0.15, -0.1) is 22.9 Å². The molecule has 0 radical (unpaired) electrons. The molecular formula is C26H28ClN3O3S. The van der Waals surface area contributed by atoms with Crippen LogP contribution in [0.1, 0.15) is 24.3 Å². The minimum absolute atomic E-state index is 0.0921. The number of nitrogens with zero attached hydrogens (tertiary/aromatic N) is 2. The molecule has 1 aromatic heterocycles. The molecule has 8 heteroatoms. The number of hydrogen-bond donors (Lipinski definition) is 1. The van der Waals surface area contributed by atoms with Gasteiger partial charge >= 0.3 is 0 Å². The number of thiophene rings is 1. The summed E-state index contributed by atoms with van der Waals surface area (Å²) in [6.07, 6.45) is 0.931. The summed E-state index contributed by atoms with van der Waals surface area (Å²) >= 11 is 7.49. The van der Waals surface area contributed by atoms with Crippen molar-refractivity contribution in [3.8, 4) is 11.5 Å². The Hall–Kier alpha value is -2.87. The number of para-hydroxylation sites is 1. The number of piperazine rings is 1. The van der Waals surface area contributed by atoms with Gasteiger partial charge in [-0.25, -0.2) is 0 Å². The summed E-state index contributed by atoms with van der Waals surface area (Å²) in [5.41, 5.74) is 0.597. The number of carbonyl (C=O) groups excluding carboxylic acids is 2. The van der Waals surface area contributed by atoms with Gasteiger partial charge in [0.25, 0.3) is 5.91 Å². The first-order valence-corrected chi connectivity index (χ1v) is 12.8. The fourth-order valence-corrected chi connectivity index (χ4v) is 5.01. The Balaban J connectivity index is 1.65. The fraction of sp³-hybridized carbons (Fsp3) is 0.308. The number of alkyl halides is 1. The fourth-order valence-electron chi connectivity index (χ4n) is 4.08. The van der Waals surface area contributed by atoms with Crippen molar-refractivity contribution in [2.45, 2.75) is 25.4 Å². The van der Waals surface area contributed by atoms with E-state index in [4.69, 9.17) is 16.3 Å². The van der Waals surface area contributed by atoms with Gasteiger partial charge in [0.05, 0.1) is 0 Å². The van der Waals surface area contributed by atoms with Crippen molar-refractivity contribution in [3.05, 3.63) is 77.0 Å². The lowest BCUT2D eigenvalue weighted by Crippen LogP contribution is -2.55. The number of benzene rings is 2.